The first kappa shape index (κ1) is 15.8. The summed E-state index contributed by atoms with van der Waals surface area (Å²) in [6.45, 7) is 0.452. The van der Waals surface area contributed by atoms with E-state index in [1.54, 1.807) is 18.2 Å². The smallest absolute Gasteiger partial charge is 0.269 e. The molecule has 0 saturated heterocycles. The molecule has 3 rings (SSSR count). The summed E-state index contributed by atoms with van der Waals surface area (Å²) in [5.74, 6) is -0.197. The summed E-state index contributed by atoms with van der Waals surface area (Å²) in [5, 5.41) is 10.5. The van der Waals surface area contributed by atoms with Gasteiger partial charge in [-0.3, -0.25) is 9.89 Å². The number of carbonyl (C=O) groups excluding carboxylic acids is 1. The molecule has 0 fully saturated rings. The quantitative estimate of drug-likeness (QED) is 0.692. The second-order valence-electron chi connectivity index (χ2n) is 4.99. The first-order valence-corrected chi connectivity index (χ1v) is 8.13. The van der Waals surface area contributed by atoms with E-state index < -0.39 is 0 Å². The number of halogens is 2. The Morgan fingerprint density at radius 1 is 1.17 bits per heavy atom. The van der Waals surface area contributed by atoms with Crippen LogP contribution < -0.4 is 5.32 Å². The summed E-state index contributed by atoms with van der Waals surface area (Å²) in [6, 6.07) is 16.8. The molecule has 1 aromatic heterocycles. The van der Waals surface area contributed by atoms with Crippen molar-refractivity contribution in [1.29, 1.82) is 0 Å². The standard InChI is InChI=1S/C17H13BrClN3O/c18-13-3-1-2-11(8-13)10-20-17(23)16-9-15(21-22-16)12-4-6-14(19)7-5-12/h1-9H,10H2,(H,20,23)(H,21,22). The van der Waals surface area contributed by atoms with Crippen LogP contribution in [0.15, 0.2) is 59.1 Å². The number of hydrogen-bond acceptors (Lipinski definition) is 2. The van der Waals surface area contributed by atoms with Crippen molar-refractivity contribution in [1.82, 2.24) is 15.5 Å². The Labute approximate surface area is 147 Å². The van der Waals surface area contributed by atoms with Gasteiger partial charge in [-0.2, -0.15) is 5.10 Å². The molecular formula is C17H13BrClN3O. The molecule has 4 nitrogen and oxygen atoms in total. The molecule has 1 heterocycles. The van der Waals surface area contributed by atoms with E-state index in [9.17, 15) is 4.79 Å². The van der Waals surface area contributed by atoms with Crippen molar-refractivity contribution in [2.24, 2.45) is 0 Å². The fourth-order valence-corrected chi connectivity index (χ4v) is 2.70. The predicted octanol–water partition coefficient (Wildman–Crippen LogP) is 4.42. The Hall–Kier alpha value is -2.11. The minimum Gasteiger partial charge on any atom is -0.347 e. The van der Waals surface area contributed by atoms with E-state index in [-0.39, 0.29) is 5.91 Å². The summed E-state index contributed by atoms with van der Waals surface area (Å²) in [6.07, 6.45) is 0. The number of carbonyl (C=O) groups is 1. The molecule has 0 aliphatic rings. The minimum absolute atomic E-state index is 0.197. The van der Waals surface area contributed by atoms with Gasteiger partial charge in [0.05, 0.1) is 5.69 Å². The van der Waals surface area contributed by atoms with E-state index in [1.807, 2.05) is 36.4 Å². The predicted molar refractivity (Wildman–Crippen MR) is 94.3 cm³/mol. The highest BCUT2D eigenvalue weighted by atomic mass is 79.9. The van der Waals surface area contributed by atoms with Crippen molar-refractivity contribution in [2.75, 3.05) is 0 Å². The van der Waals surface area contributed by atoms with Crippen molar-refractivity contribution in [3.05, 3.63) is 75.4 Å². The van der Waals surface area contributed by atoms with Crippen LogP contribution in [-0.4, -0.2) is 16.1 Å². The Bertz CT molecular complexity index is 830. The lowest BCUT2D eigenvalue weighted by molar-refractivity contribution is 0.0946. The fraction of sp³-hybridized carbons (Fsp3) is 0.0588. The molecule has 1 amide bonds. The van der Waals surface area contributed by atoms with E-state index in [0.717, 1.165) is 15.6 Å². The number of rotatable bonds is 4. The number of benzene rings is 2. The van der Waals surface area contributed by atoms with E-state index in [4.69, 9.17) is 11.6 Å². The van der Waals surface area contributed by atoms with Crippen LogP contribution >= 0.6 is 27.5 Å². The molecule has 0 aliphatic carbocycles. The number of nitrogens with one attached hydrogen (secondary N) is 2. The summed E-state index contributed by atoms with van der Waals surface area (Å²) < 4.78 is 0.982. The second-order valence-corrected chi connectivity index (χ2v) is 6.34. The van der Waals surface area contributed by atoms with Gasteiger partial charge in [0.1, 0.15) is 5.69 Å². The van der Waals surface area contributed by atoms with Crippen LogP contribution in [0.25, 0.3) is 11.3 Å². The molecule has 2 N–H and O–H groups in total. The molecule has 0 unspecified atom stereocenters. The Kier molecular flexibility index (Phi) is 4.79. The molecule has 2 aromatic carbocycles. The van der Waals surface area contributed by atoms with Crippen molar-refractivity contribution >= 4 is 33.4 Å². The van der Waals surface area contributed by atoms with Crippen LogP contribution in [0.2, 0.25) is 5.02 Å². The number of hydrogen-bond donors (Lipinski definition) is 2. The maximum Gasteiger partial charge on any atom is 0.269 e. The topological polar surface area (TPSA) is 57.8 Å². The summed E-state index contributed by atoms with van der Waals surface area (Å²) in [5.41, 5.74) is 3.04. The van der Waals surface area contributed by atoms with E-state index in [2.05, 4.69) is 31.4 Å². The molecule has 0 aliphatic heterocycles. The van der Waals surface area contributed by atoms with Gasteiger partial charge in [-0.25, -0.2) is 0 Å². The van der Waals surface area contributed by atoms with Gasteiger partial charge in [0.2, 0.25) is 0 Å². The largest absolute Gasteiger partial charge is 0.347 e. The molecule has 0 spiro atoms. The molecule has 0 bridgehead atoms. The zero-order valence-corrected chi connectivity index (χ0v) is 14.4. The minimum atomic E-state index is -0.197. The summed E-state index contributed by atoms with van der Waals surface area (Å²) in [7, 11) is 0. The van der Waals surface area contributed by atoms with Gasteiger partial charge in [-0.15, -0.1) is 0 Å². The van der Waals surface area contributed by atoms with Crippen LogP contribution in [0.1, 0.15) is 16.1 Å². The Morgan fingerprint density at radius 3 is 2.70 bits per heavy atom. The third kappa shape index (κ3) is 4.00. The number of H-pyrrole nitrogens is 1. The van der Waals surface area contributed by atoms with Crippen LogP contribution in [0.3, 0.4) is 0 Å². The van der Waals surface area contributed by atoms with Gasteiger partial charge in [-0.1, -0.05) is 51.8 Å². The lowest BCUT2D eigenvalue weighted by atomic mass is 10.1. The van der Waals surface area contributed by atoms with Crippen LogP contribution in [0, 0.1) is 0 Å². The average Bonchev–Trinajstić information content (AvgIpc) is 3.03. The Morgan fingerprint density at radius 2 is 1.96 bits per heavy atom. The zero-order chi connectivity index (χ0) is 16.2. The summed E-state index contributed by atoms with van der Waals surface area (Å²) >= 11 is 9.28. The van der Waals surface area contributed by atoms with Gasteiger partial charge in [-0.05, 0) is 35.9 Å². The first-order valence-electron chi connectivity index (χ1n) is 6.96. The molecule has 6 heteroatoms. The van der Waals surface area contributed by atoms with Crippen molar-refractivity contribution in [3.8, 4) is 11.3 Å². The zero-order valence-electron chi connectivity index (χ0n) is 12.0. The highest BCUT2D eigenvalue weighted by Gasteiger charge is 2.10. The van der Waals surface area contributed by atoms with Crippen molar-refractivity contribution < 1.29 is 4.79 Å². The number of aromatic amines is 1. The molecular weight excluding hydrogens is 378 g/mol. The average molecular weight is 391 g/mol. The highest BCUT2D eigenvalue weighted by Crippen LogP contribution is 2.20. The van der Waals surface area contributed by atoms with Gasteiger partial charge in [0.25, 0.3) is 5.91 Å². The molecule has 0 saturated carbocycles. The van der Waals surface area contributed by atoms with Gasteiger partial charge >= 0.3 is 0 Å². The number of nitrogens with zero attached hydrogens (tertiary/aromatic N) is 1. The monoisotopic (exact) mass is 389 g/mol. The second kappa shape index (κ2) is 6.98. The van der Waals surface area contributed by atoms with Crippen LogP contribution in [0.5, 0.6) is 0 Å². The van der Waals surface area contributed by atoms with E-state index in [0.29, 0.717) is 23.0 Å². The van der Waals surface area contributed by atoms with E-state index >= 15 is 0 Å². The third-order valence-electron chi connectivity index (χ3n) is 3.30. The van der Waals surface area contributed by atoms with Gasteiger partial charge in [0, 0.05) is 21.6 Å². The van der Waals surface area contributed by atoms with Crippen molar-refractivity contribution in [2.45, 2.75) is 6.54 Å². The fourth-order valence-electron chi connectivity index (χ4n) is 2.13. The molecule has 116 valence electrons. The molecule has 0 radical (unpaired) electrons. The maximum absolute atomic E-state index is 12.2. The Balaban J connectivity index is 1.67. The number of aromatic nitrogens is 2. The molecule has 0 atom stereocenters. The molecule has 3 aromatic rings. The van der Waals surface area contributed by atoms with Crippen molar-refractivity contribution in [3.63, 3.8) is 0 Å². The highest BCUT2D eigenvalue weighted by molar-refractivity contribution is 9.10. The summed E-state index contributed by atoms with van der Waals surface area (Å²) in [4.78, 5) is 12.2. The normalized spacial score (nSPS) is 10.5. The lowest BCUT2D eigenvalue weighted by Gasteiger charge is -2.04. The SMILES string of the molecule is O=C(NCc1cccc(Br)c1)c1cc(-c2ccc(Cl)cc2)n[nH]1. The molecule has 23 heavy (non-hydrogen) atoms. The van der Waals surface area contributed by atoms with Crippen LogP contribution in [0.4, 0.5) is 0 Å². The first-order chi connectivity index (χ1) is 11.1. The van der Waals surface area contributed by atoms with Gasteiger partial charge < -0.3 is 5.32 Å². The third-order valence-corrected chi connectivity index (χ3v) is 4.05. The van der Waals surface area contributed by atoms with E-state index in [1.165, 1.54) is 0 Å². The lowest BCUT2D eigenvalue weighted by Crippen LogP contribution is -2.23. The number of amides is 1. The van der Waals surface area contributed by atoms with Crippen LogP contribution in [-0.2, 0) is 6.54 Å². The maximum atomic E-state index is 12.2. The van der Waals surface area contributed by atoms with Gasteiger partial charge in [0.15, 0.2) is 0 Å².